The fraction of sp³-hybridized carbons (Fsp3) is 0.733. The minimum absolute atomic E-state index is 0.372. The molecule has 1 rings (SSSR count). The molecule has 1 heterocycles. The molecule has 0 aliphatic carbocycles. The summed E-state index contributed by atoms with van der Waals surface area (Å²) in [5.41, 5.74) is 0.976. The van der Waals surface area contributed by atoms with Gasteiger partial charge in [-0.2, -0.15) is 0 Å². The van der Waals surface area contributed by atoms with Crippen molar-refractivity contribution >= 4 is 10.0 Å². The Balaban J connectivity index is 2.81. The average Bonchev–Trinajstić information content (AvgIpc) is 2.78. The van der Waals surface area contributed by atoms with Crippen molar-refractivity contribution in [1.82, 2.24) is 14.2 Å². The summed E-state index contributed by atoms with van der Waals surface area (Å²) in [6.45, 7) is 7.50. The number of nitrogens with one attached hydrogen (secondary N) is 1. The van der Waals surface area contributed by atoms with Crippen LogP contribution in [0.15, 0.2) is 17.2 Å². The van der Waals surface area contributed by atoms with Crippen molar-refractivity contribution < 1.29 is 8.42 Å². The van der Waals surface area contributed by atoms with Gasteiger partial charge < -0.3 is 9.88 Å². The summed E-state index contributed by atoms with van der Waals surface area (Å²) in [6, 6.07) is 2.14. The molecule has 0 aliphatic rings. The summed E-state index contributed by atoms with van der Waals surface area (Å²) in [4.78, 5) is 0.379. The smallest absolute Gasteiger partial charge is 0.244 e. The summed E-state index contributed by atoms with van der Waals surface area (Å²) in [6.07, 6.45) is 4.74. The highest BCUT2D eigenvalue weighted by atomic mass is 32.2. The number of nitrogens with zero attached hydrogens (tertiary/aromatic N) is 2. The lowest BCUT2D eigenvalue weighted by molar-refractivity contribution is 0.454. The molecule has 0 amide bonds. The van der Waals surface area contributed by atoms with Crippen LogP contribution in [0.1, 0.15) is 45.7 Å². The van der Waals surface area contributed by atoms with E-state index < -0.39 is 10.0 Å². The van der Waals surface area contributed by atoms with E-state index in [4.69, 9.17) is 0 Å². The van der Waals surface area contributed by atoms with Gasteiger partial charge in [0.2, 0.25) is 10.0 Å². The Morgan fingerprint density at radius 2 is 2.00 bits per heavy atom. The summed E-state index contributed by atoms with van der Waals surface area (Å²) < 4.78 is 28.4. The van der Waals surface area contributed by atoms with E-state index in [2.05, 4.69) is 26.1 Å². The standard InChI is InChI=1S/C15H29N3O2S/c1-6-7-8-9-18(5)21(19,20)15-10-14(17(4)12-15)11-16-13(2)3/h10,12-13,16H,6-9,11H2,1-5H3. The first-order chi connectivity index (χ1) is 9.78. The molecular weight excluding hydrogens is 286 g/mol. The number of rotatable bonds is 9. The quantitative estimate of drug-likeness (QED) is 0.712. The van der Waals surface area contributed by atoms with Crippen LogP contribution in [0.2, 0.25) is 0 Å². The van der Waals surface area contributed by atoms with Crippen molar-refractivity contribution in [3.63, 3.8) is 0 Å². The summed E-state index contributed by atoms with van der Waals surface area (Å²) in [5.74, 6) is 0. The van der Waals surface area contributed by atoms with Gasteiger partial charge in [0, 0.05) is 45.1 Å². The van der Waals surface area contributed by atoms with Crippen LogP contribution >= 0.6 is 0 Å². The molecule has 0 fully saturated rings. The molecule has 1 aromatic heterocycles. The lowest BCUT2D eigenvalue weighted by Crippen LogP contribution is -2.27. The van der Waals surface area contributed by atoms with Gasteiger partial charge in [-0.3, -0.25) is 0 Å². The highest BCUT2D eigenvalue weighted by molar-refractivity contribution is 7.89. The maximum absolute atomic E-state index is 12.5. The summed E-state index contributed by atoms with van der Waals surface area (Å²) in [7, 11) is 0.164. The normalized spacial score (nSPS) is 12.5. The minimum atomic E-state index is -3.37. The molecule has 0 unspecified atom stereocenters. The highest BCUT2D eigenvalue weighted by Crippen LogP contribution is 2.18. The SMILES string of the molecule is CCCCCN(C)S(=O)(=O)c1cc(CNC(C)C)n(C)c1. The van der Waals surface area contributed by atoms with Crippen LogP contribution in [-0.2, 0) is 23.6 Å². The molecule has 1 aromatic rings. The zero-order chi connectivity index (χ0) is 16.0. The molecule has 0 saturated carbocycles. The molecule has 0 spiro atoms. The van der Waals surface area contributed by atoms with Crippen LogP contribution in [0, 0.1) is 0 Å². The van der Waals surface area contributed by atoms with Gasteiger partial charge in [-0.25, -0.2) is 12.7 Å². The van der Waals surface area contributed by atoms with Crippen LogP contribution in [0.3, 0.4) is 0 Å². The van der Waals surface area contributed by atoms with Gasteiger partial charge in [0.05, 0.1) is 0 Å². The Morgan fingerprint density at radius 3 is 2.57 bits per heavy atom. The number of sulfonamides is 1. The molecule has 0 atom stereocenters. The van der Waals surface area contributed by atoms with Gasteiger partial charge in [-0.05, 0) is 12.5 Å². The number of aromatic nitrogens is 1. The second kappa shape index (κ2) is 7.96. The zero-order valence-electron chi connectivity index (χ0n) is 13.9. The maximum Gasteiger partial charge on any atom is 0.244 e. The molecular formula is C15H29N3O2S. The van der Waals surface area contributed by atoms with Crippen LogP contribution < -0.4 is 5.32 Å². The van der Waals surface area contributed by atoms with Crippen molar-refractivity contribution in [2.45, 2.75) is 57.5 Å². The number of hydrogen-bond donors (Lipinski definition) is 1. The second-order valence-electron chi connectivity index (χ2n) is 5.85. The number of hydrogen-bond acceptors (Lipinski definition) is 3. The second-order valence-corrected chi connectivity index (χ2v) is 7.89. The first kappa shape index (κ1) is 18.2. The Labute approximate surface area is 129 Å². The molecule has 6 heteroatoms. The van der Waals surface area contributed by atoms with Crippen LogP contribution in [0.4, 0.5) is 0 Å². The first-order valence-corrected chi connectivity index (χ1v) is 9.08. The third-order valence-corrected chi connectivity index (χ3v) is 5.38. The third-order valence-electron chi connectivity index (χ3n) is 3.56. The predicted octanol–water partition coefficient (Wildman–Crippen LogP) is 2.33. The van der Waals surface area contributed by atoms with E-state index in [0.717, 1.165) is 25.0 Å². The van der Waals surface area contributed by atoms with Gasteiger partial charge in [0.15, 0.2) is 0 Å². The Hall–Kier alpha value is -0.850. The predicted molar refractivity (Wildman–Crippen MR) is 86.7 cm³/mol. The van der Waals surface area contributed by atoms with Crippen LogP contribution in [0.5, 0.6) is 0 Å². The average molecular weight is 315 g/mol. The molecule has 21 heavy (non-hydrogen) atoms. The van der Waals surface area contributed by atoms with Gasteiger partial charge in [0.25, 0.3) is 0 Å². The van der Waals surface area contributed by atoms with E-state index in [1.54, 1.807) is 19.3 Å². The molecule has 5 nitrogen and oxygen atoms in total. The molecule has 1 N–H and O–H groups in total. The van der Waals surface area contributed by atoms with Crippen molar-refractivity contribution in [1.29, 1.82) is 0 Å². The lowest BCUT2D eigenvalue weighted by Gasteiger charge is -2.15. The van der Waals surface area contributed by atoms with E-state index >= 15 is 0 Å². The van der Waals surface area contributed by atoms with Gasteiger partial charge >= 0.3 is 0 Å². The zero-order valence-corrected chi connectivity index (χ0v) is 14.7. The first-order valence-electron chi connectivity index (χ1n) is 7.64. The van der Waals surface area contributed by atoms with Gasteiger partial charge in [-0.1, -0.05) is 33.6 Å². The number of aryl methyl sites for hydroxylation is 1. The summed E-state index contributed by atoms with van der Waals surface area (Å²) in [5, 5.41) is 3.31. The monoisotopic (exact) mass is 315 g/mol. The Bertz CT molecular complexity index is 535. The van der Waals surface area contributed by atoms with E-state index in [1.807, 2.05) is 11.6 Å². The summed E-state index contributed by atoms with van der Waals surface area (Å²) >= 11 is 0. The van der Waals surface area contributed by atoms with Gasteiger partial charge in [-0.15, -0.1) is 0 Å². The molecule has 0 bridgehead atoms. The molecule has 0 aliphatic heterocycles. The van der Waals surface area contributed by atoms with E-state index in [0.29, 0.717) is 24.0 Å². The van der Waals surface area contributed by atoms with E-state index in [9.17, 15) is 8.42 Å². The fourth-order valence-corrected chi connectivity index (χ4v) is 3.39. The van der Waals surface area contributed by atoms with Crippen molar-refractivity contribution in [3.8, 4) is 0 Å². The molecule has 122 valence electrons. The van der Waals surface area contributed by atoms with Gasteiger partial charge in [0.1, 0.15) is 4.90 Å². The highest BCUT2D eigenvalue weighted by Gasteiger charge is 2.22. The third kappa shape index (κ3) is 5.13. The van der Waals surface area contributed by atoms with E-state index in [1.165, 1.54) is 4.31 Å². The Kier molecular flexibility index (Phi) is 6.90. The van der Waals surface area contributed by atoms with Crippen molar-refractivity contribution in [3.05, 3.63) is 18.0 Å². The maximum atomic E-state index is 12.5. The Morgan fingerprint density at radius 1 is 1.33 bits per heavy atom. The minimum Gasteiger partial charge on any atom is -0.352 e. The molecule has 0 saturated heterocycles. The van der Waals surface area contributed by atoms with Crippen molar-refractivity contribution in [2.24, 2.45) is 7.05 Å². The van der Waals surface area contributed by atoms with Crippen LogP contribution in [0.25, 0.3) is 0 Å². The molecule has 0 radical (unpaired) electrons. The fourth-order valence-electron chi connectivity index (χ4n) is 2.09. The number of unbranched alkanes of at least 4 members (excludes halogenated alkanes) is 2. The molecule has 0 aromatic carbocycles. The van der Waals surface area contributed by atoms with Crippen molar-refractivity contribution in [2.75, 3.05) is 13.6 Å². The van der Waals surface area contributed by atoms with Crippen LogP contribution in [-0.4, -0.2) is 36.9 Å². The largest absolute Gasteiger partial charge is 0.352 e. The topological polar surface area (TPSA) is 54.3 Å². The van der Waals surface area contributed by atoms with E-state index in [-0.39, 0.29) is 0 Å². The lowest BCUT2D eigenvalue weighted by atomic mass is 10.2.